The molecule has 1 aromatic heterocycles. The molecular weight excluding hydrogens is 327 g/mol. The Bertz CT molecular complexity index is 733. The second-order valence-electron chi connectivity index (χ2n) is 6.11. The van der Waals surface area contributed by atoms with Crippen molar-refractivity contribution in [2.24, 2.45) is 13.0 Å². The minimum Gasteiger partial charge on any atom is -0.324 e. The molecule has 7 heteroatoms. The second-order valence-corrected chi connectivity index (χ2v) is 6.95. The lowest BCUT2D eigenvalue weighted by Crippen LogP contribution is -2.33. The van der Waals surface area contributed by atoms with E-state index in [9.17, 15) is 9.18 Å². The van der Waals surface area contributed by atoms with E-state index in [2.05, 4.69) is 10.4 Å². The van der Waals surface area contributed by atoms with Gasteiger partial charge in [0.15, 0.2) is 0 Å². The zero-order valence-corrected chi connectivity index (χ0v) is 14.6. The summed E-state index contributed by atoms with van der Waals surface area (Å²) in [5.74, 6) is 0.131. The SMILES string of the molecule is CSc1ccc(NC(=O)N2CC[C@H](Cc3cnn(C)c3)C2)cc1F. The van der Waals surface area contributed by atoms with Crippen LogP contribution in [0.1, 0.15) is 12.0 Å². The number of thioether (sulfide) groups is 1. The van der Waals surface area contributed by atoms with Crippen molar-refractivity contribution in [1.82, 2.24) is 14.7 Å². The highest BCUT2D eigenvalue weighted by Crippen LogP contribution is 2.24. The Balaban J connectivity index is 1.55. The largest absolute Gasteiger partial charge is 0.324 e. The molecule has 0 unspecified atom stereocenters. The molecule has 1 aliphatic heterocycles. The van der Waals surface area contributed by atoms with Gasteiger partial charge in [-0.1, -0.05) is 0 Å². The van der Waals surface area contributed by atoms with Gasteiger partial charge in [-0.3, -0.25) is 4.68 Å². The van der Waals surface area contributed by atoms with E-state index in [1.807, 2.05) is 25.7 Å². The Morgan fingerprint density at radius 1 is 1.50 bits per heavy atom. The summed E-state index contributed by atoms with van der Waals surface area (Å²) in [7, 11) is 1.90. The predicted octanol–water partition coefficient (Wildman–Crippen LogP) is 3.38. The Hall–Kier alpha value is -2.02. The molecule has 1 saturated heterocycles. The van der Waals surface area contributed by atoms with Crippen LogP contribution < -0.4 is 5.32 Å². The van der Waals surface area contributed by atoms with Crippen molar-refractivity contribution in [3.05, 3.63) is 42.0 Å². The number of urea groups is 1. The smallest absolute Gasteiger partial charge is 0.321 e. The summed E-state index contributed by atoms with van der Waals surface area (Å²) in [6, 6.07) is 4.62. The average Bonchev–Trinajstić information content (AvgIpc) is 3.17. The Labute approximate surface area is 145 Å². The highest BCUT2D eigenvalue weighted by atomic mass is 32.2. The average molecular weight is 348 g/mol. The minimum absolute atomic E-state index is 0.167. The van der Waals surface area contributed by atoms with Gasteiger partial charge in [0, 0.05) is 36.9 Å². The molecule has 1 aromatic carbocycles. The van der Waals surface area contributed by atoms with Crippen LogP contribution in [-0.2, 0) is 13.5 Å². The molecule has 0 aliphatic carbocycles. The van der Waals surface area contributed by atoms with Crippen molar-refractivity contribution >= 4 is 23.5 Å². The number of hydrogen-bond donors (Lipinski definition) is 1. The topological polar surface area (TPSA) is 50.2 Å². The third-order valence-corrected chi connectivity index (χ3v) is 5.03. The highest BCUT2D eigenvalue weighted by Gasteiger charge is 2.26. The van der Waals surface area contributed by atoms with Crippen molar-refractivity contribution in [2.75, 3.05) is 24.7 Å². The maximum atomic E-state index is 13.8. The third-order valence-electron chi connectivity index (χ3n) is 4.26. The van der Waals surface area contributed by atoms with Crippen LogP contribution >= 0.6 is 11.8 Å². The third kappa shape index (κ3) is 3.90. The van der Waals surface area contributed by atoms with E-state index in [-0.39, 0.29) is 11.8 Å². The van der Waals surface area contributed by atoms with Crippen LogP contribution in [0.2, 0.25) is 0 Å². The summed E-state index contributed by atoms with van der Waals surface area (Å²) >= 11 is 1.35. The van der Waals surface area contributed by atoms with Gasteiger partial charge < -0.3 is 10.2 Å². The van der Waals surface area contributed by atoms with E-state index in [4.69, 9.17) is 0 Å². The number of aromatic nitrogens is 2. The standard InChI is InChI=1S/C17H21FN4OS/c1-21-10-13(9-19-21)7-12-5-6-22(11-12)17(23)20-14-3-4-16(24-2)15(18)8-14/h3-4,8-10,12H,5-7,11H2,1-2H3,(H,20,23)/t12-/m1/s1. The second kappa shape index (κ2) is 7.25. The summed E-state index contributed by atoms with van der Waals surface area (Å²) in [6.07, 6.45) is 7.61. The fraction of sp³-hybridized carbons (Fsp3) is 0.412. The normalized spacial score (nSPS) is 17.3. The molecule has 2 aromatic rings. The first-order valence-corrected chi connectivity index (χ1v) is 9.14. The summed E-state index contributed by atoms with van der Waals surface area (Å²) < 4.78 is 15.6. The monoisotopic (exact) mass is 348 g/mol. The first-order chi connectivity index (χ1) is 11.5. The maximum absolute atomic E-state index is 13.8. The van der Waals surface area contributed by atoms with Crippen LogP contribution in [0, 0.1) is 11.7 Å². The first kappa shape index (κ1) is 16.8. The number of nitrogens with zero attached hydrogens (tertiary/aromatic N) is 3. The Kier molecular flexibility index (Phi) is 5.08. The number of aryl methyl sites for hydroxylation is 1. The zero-order chi connectivity index (χ0) is 17.1. The van der Waals surface area contributed by atoms with Crippen molar-refractivity contribution in [3.63, 3.8) is 0 Å². The minimum atomic E-state index is -0.309. The van der Waals surface area contributed by atoms with Crippen LogP contribution in [0.4, 0.5) is 14.9 Å². The van der Waals surface area contributed by atoms with Crippen LogP contribution in [-0.4, -0.2) is 40.1 Å². The Morgan fingerprint density at radius 2 is 2.33 bits per heavy atom. The van der Waals surface area contributed by atoms with Gasteiger partial charge in [-0.2, -0.15) is 5.10 Å². The van der Waals surface area contributed by atoms with Crippen molar-refractivity contribution < 1.29 is 9.18 Å². The molecule has 0 spiro atoms. The van der Waals surface area contributed by atoms with Gasteiger partial charge in [-0.25, -0.2) is 9.18 Å². The molecule has 1 fully saturated rings. The van der Waals surface area contributed by atoms with Crippen LogP contribution in [0.15, 0.2) is 35.5 Å². The molecule has 24 heavy (non-hydrogen) atoms. The van der Waals surface area contributed by atoms with E-state index in [0.29, 0.717) is 23.0 Å². The maximum Gasteiger partial charge on any atom is 0.321 e. The molecule has 0 radical (unpaired) electrons. The lowest BCUT2D eigenvalue weighted by atomic mass is 10.0. The van der Waals surface area contributed by atoms with Gasteiger partial charge in [0.25, 0.3) is 0 Å². The molecule has 5 nitrogen and oxygen atoms in total. The number of carbonyl (C=O) groups excluding carboxylic acids is 1. The van der Waals surface area contributed by atoms with E-state index in [0.717, 1.165) is 19.4 Å². The first-order valence-electron chi connectivity index (χ1n) is 7.92. The molecule has 0 bridgehead atoms. The predicted molar refractivity (Wildman–Crippen MR) is 93.8 cm³/mol. The molecule has 1 aliphatic rings. The number of likely N-dealkylation sites (tertiary alicyclic amines) is 1. The van der Waals surface area contributed by atoms with Gasteiger partial charge in [0.2, 0.25) is 0 Å². The van der Waals surface area contributed by atoms with Crippen molar-refractivity contribution in [2.45, 2.75) is 17.7 Å². The molecular formula is C17H21FN4OS. The van der Waals surface area contributed by atoms with E-state index in [1.54, 1.807) is 21.7 Å². The van der Waals surface area contributed by atoms with Gasteiger partial charge >= 0.3 is 6.03 Å². The summed E-state index contributed by atoms with van der Waals surface area (Å²) in [6.45, 7) is 1.44. The molecule has 2 heterocycles. The number of halogens is 1. The van der Waals surface area contributed by atoms with E-state index < -0.39 is 0 Å². The lowest BCUT2D eigenvalue weighted by Gasteiger charge is -2.17. The van der Waals surface area contributed by atoms with Gasteiger partial charge in [0.05, 0.1) is 6.20 Å². The number of carbonyl (C=O) groups is 1. The number of anilines is 1. The number of benzene rings is 1. The van der Waals surface area contributed by atoms with Gasteiger partial charge in [-0.15, -0.1) is 11.8 Å². The van der Waals surface area contributed by atoms with E-state index >= 15 is 0 Å². The molecule has 1 N–H and O–H groups in total. The lowest BCUT2D eigenvalue weighted by molar-refractivity contribution is 0.221. The molecule has 128 valence electrons. The van der Waals surface area contributed by atoms with Crippen LogP contribution in [0.3, 0.4) is 0 Å². The van der Waals surface area contributed by atoms with Crippen LogP contribution in [0.25, 0.3) is 0 Å². The van der Waals surface area contributed by atoms with Gasteiger partial charge in [0.1, 0.15) is 5.82 Å². The molecule has 1 atom stereocenters. The Morgan fingerprint density at radius 3 is 3.00 bits per heavy atom. The zero-order valence-electron chi connectivity index (χ0n) is 13.8. The van der Waals surface area contributed by atoms with Gasteiger partial charge in [-0.05, 0) is 48.8 Å². The number of rotatable bonds is 4. The van der Waals surface area contributed by atoms with Crippen LogP contribution in [0.5, 0.6) is 0 Å². The molecule has 3 rings (SSSR count). The fourth-order valence-corrected chi connectivity index (χ4v) is 3.50. The molecule has 2 amide bonds. The summed E-state index contributed by atoms with van der Waals surface area (Å²) in [4.78, 5) is 14.7. The molecule has 0 saturated carbocycles. The van der Waals surface area contributed by atoms with Crippen molar-refractivity contribution in [3.8, 4) is 0 Å². The summed E-state index contributed by atoms with van der Waals surface area (Å²) in [5, 5.41) is 6.96. The number of hydrogen-bond acceptors (Lipinski definition) is 3. The number of amides is 2. The fourth-order valence-electron chi connectivity index (χ4n) is 3.04. The van der Waals surface area contributed by atoms with Crippen molar-refractivity contribution in [1.29, 1.82) is 0 Å². The van der Waals surface area contributed by atoms with E-state index in [1.165, 1.54) is 23.4 Å². The summed E-state index contributed by atoms with van der Waals surface area (Å²) in [5.41, 5.74) is 1.69. The number of nitrogens with one attached hydrogen (secondary N) is 1. The highest BCUT2D eigenvalue weighted by molar-refractivity contribution is 7.98. The quantitative estimate of drug-likeness (QED) is 0.862.